The molecule has 2 rings (SSSR count). The van der Waals surface area contributed by atoms with Crippen LogP contribution in [-0.4, -0.2) is 16.1 Å². The van der Waals surface area contributed by atoms with Gasteiger partial charge in [-0.2, -0.15) is 0 Å². The number of carbonyl (C=O) groups is 1. The lowest BCUT2D eigenvalue weighted by Gasteiger charge is -2.09. The van der Waals surface area contributed by atoms with Crippen LogP contribution in [0.3, 0.4) is 0 Å². The van der Waals surface area contributed by atoms with Crippen LogP contribution in [0.4, 0.5) is 0 Å². The van der Waals surface area contributed by atoms with Crippen molar-refractivity contribution in [2.45, 2.75) is 27.2 Å². The van der Waals surface area contributed by atoms with Crippen molar-refractivity contribution in [3.8, 4) is 0 Å². The number of aromatic amines is 1. The first-order chi connectivity index (χ1) is 8.45. The Morgan fingerprint density at radius 3 is 2.56 bits per heavy atom. The van der Waals surface area contributed by atoms with Gasteiger partial charge in [0.25, 0.3) is 0 Å². The Hall–Kier alpha value is -2.10. The molecule has 0 amide bonds. The van der Waals surface area contributed by atoms with Gasteiger partial charge in [-0.1, -0.05) is 6.92 Å². The highest BCUT2D eigenvalue weighted by Crippen LogP contribution is 2.19. The number of aryl methyl sites for hydroxylation is 2. The van der Waals surface area contributed by atoms with Crippen molar-refractivity contribution < 1.29 is 9.90 Å². The van der Waals surface area contributed by atoms with Crippen LogP contribution in [-0.2, 0) is 6.42 Å². The second-order valence-corrected chi connectivity index (χ2v) is 4.45. The van der Waals surface area contributed by atoms with Gasteiger partial charge in [0.1, 0.15) is 0 Å². The maximum absolute atomic E-state index is 12.2. The molecule has 0 bridgehead atoms. The van der Waals surface area contributed by atoms with Crippen LogP contribution in [0.15, 0.2) is 16.9 Å². The van der Waals surface area contributed by atoms with Crippen LogP contribution in [0.1, 0.15) is 34.1 Å². The Morgan fingerprint density at radius 1 is 1.33 bits per heavy atom. The molecule has 1 aromatic carbocycles. The maximum atomic E-state index is 12.2. The molecule has 0 spiro atoms. The maximum Gasteiger partial charge on any atom is 0.337 e. The number of rotatable bonds is 2. The van der Waals surface area contributed by atoms with Crippen molar-refractivity contribution in [3.05, 3.63) is 44.7 Å². The number of aromatic nitrogens is 1. The summed E-state index contributed by atoms with van der Waals surface area (Å²) in [5, 5.41) is 9.66. The van der Waals surface area contributed by atoms with Gasteiger partial charge >= 0.3 is 5.97 Å². The van der Waals surface area contributed by atoms with E-state index in [1.807, 2.05) is 6.92 Å². The van der Waals surface area contributed by atoms with Crippen LogP contribution < -0.4 is 5.43 Å². The first-order valence-corrected chi connectivity index (χ1v) is 5.85. The van der Waals surface area contributed by atoms with Gasteiger partial charge in [-0.3, -0.25) is 4.79 Å². The summed E-state index contributed by atoms with van der Waals surface area (Å²) in [4.78, 5) is 26.5. The summed E-state index contributed by atoms with van der Waals surface area (Å²) in [5.74, 6) is -1.02. The van der Waals surface area contributed by atoms with E-state index in [0.717, 1.165) is 11.3 Å². The highest BCUT2D eigenvalue weighted by atomic mass is 16.4. The minimum atomic E-state index is -1.02. The van der Waals surface area contributed by atoms with Gasteiger partial charge in [-0.05, 0) is 38.0 Å². The molecule has 0 fully saturated rings. The molecule has 1 aromatic heterocycles. The van der Waals surface area contributed by atoms with Crippen molar-refractivity contribution in [2.24, 2.45) is 0 Å². The third-order valence-electron chi connectivity index (χ3n) is 3.18. The van der Waals surface area contributed by atoms with Gasteiger partial charge in [-0.15, -0.1) is 0 Å². The minimum Gasteiger partial charge on any atom is -0.478 e. The highest BCUT2D eigenvalue weighted by molar-refractivity contribution is 6.02. The van der Waals surface area contributed by atoms with E-state index in [9.17, 15) is 14.7 Å². The van der Waals surface area contributed by atoms with Crippen molar-refractivity contribution in [1.82, 2.24) is 4.98 Å². The molecule has 0 unspecified atom stereocenters. The van der Waals surface area contributed by atoms with Crippen LogP contribution in [0, 0.1) is 13.8 Å². The smallest absolute Gasteiger partial charge is 0.337 e. The molecule has 18 heavy (non-hydrogen) atoms. The van der Waals surface area contributed by atoms with Gasteiger partial charge in [0.05, 0.1) is 11.1 Å². The van der Waals surface area contributed by atoms with E-state index < -0.39 is 5.97 Å². The quantitative estimate of drug-likeness (QED) is 0.853. The van der Waals surface area contributed by atoms with E-state index in [-0.39, 0.29) is 11.0 Å². The van der Waals surface area contributed by atoms with Gasteiger partial charge < -0.3 is 10.1 Å². The van der Waals surface area contributed by atoms with E-state index in [2.05, 4.69) is 4.98 Å². The molecule has 2 aromatic rings. The zero-order valence-corrected chi connectivity index (χ0v) is 10.6. The Bertz CT molecular complexity index is 698. The number of fused-ring (bicyclic) bond motifs is 1. The summed E-state index contributed by atoms with van der Waals surface area (Å²) >= 11 is 0. The largest absolute Gasteiger partial charge is 0.478 e. The molecule has 2 N–H and O–H groups in total. The zero-order valence-electron chi connectivity index (χ0n) is 10.6. The number of hydrogen-bond acceptors (Lipinski definition) is 2. The van der Waals surface area contributed by atoms with E-state index in [4.69, 9.17) is 0 Å². The van der Waals surface area contributed by atoms with Gasteiger partial charge in [0.15, 0.2) is 5.43 Å². The molecule has 0 radical (unpaired) electrons. The number of hydrogen-bond donors (Lipinski definition) is 2. The predicted octanol–water partition coefficient (Wildman–Crippen LogP) is 2.41. The topological polar surface area (TPSA) is 70.2 Å². The van der Waals surface area contributed by atoms with Crippen molar-refractivity contribution in [1.29, 1.82) is 0 Å². The number of benzene rings is 1. The molecule has 0 atom stereocenters. The fourth-order valence-electron chi connectivity index (χ4n) is 2.21. The Morgan fingerprint density at radius 2 is 2.00 bits per heavy atom. The lowest BCUT2D eigenvalue weighted by molar-refractivity contribution is 0.0698. The molecule has 0 aliphatic rings. The van der Waals surface area contributed by atoms with Crippen LogP contribution >= 0.6 is 0 Å². The number of nitrogens with one attached hydrogen (secondary N) is 1. The molecule has 4 nitrogen and oxygen atoms in total. The summed E-state index contributed by atoms with van der Waals surface area (Å²) < 4.78 is 0. The van der Waals surface area contributed by atoms with Gasteiger partial charge in [0.2, 0.25) is 0 Å². The lowest BCUT2D eigenvalue weighted by atomic mass is 10.0. The highest BCUT2D eigenvalue weighted by Gasteiger charge is 2.14. The van der Waals surface area contributed by atoms with E-state index in [1.165, 1.54) is 0 Å². The van der Waals surface area contributed by atoms with Crippen LogP contribution in [0.25, 0.3) is 10.9 Å². The van der Waals surface area contributed by atoms with E-state index in [0.29, 0.717) is 22.9 Å². The standard InChI is InChI=1S/C14H15NO3/c1-4-11-8(3)13(16)9-5-7(2)6-10(14(17)18)12(9)15-11/h5-6H,4H2,1-3H3,(H,15,16)(H,17,18). The molecular formula is C14H15NO3. The molecular weight excluding hydrogens is 230 g/mol. The summed E-state index contributed by atoms with van der Waals surface area (Å²) in [6, 6.07) is 3.31. The normalized spacial score (nSPS) is 10.8. The molecule has 0 aliphatic carbocycles. The lowest BCUT2D eigenvalue weighted by Crippen LogP contribution is -2.14. The summed E-state index contributed by atoms with van der Waals surface area (Å²) in [6.07, 6.45) is 0.671. The molecule has 94 valence electrons. The second-order valence-electron chi connectivity index (χ2n) is 4.45. The van der Waals surface area contributed by atoms with Gasteiger partial charge in [0, 0.05) is 16.6 Å². The third-order valence-corrected chi connectivity index (χ3v) is 3.18. The first kappa shape index (κ1) is 12.4. The number of carboxylic acid groups (broad SMARTS) is 1. The Labute approximate surface area is 104 Å². The van der Waals surface area contributed by atoms with Crippen molar-refractivity contribution in [2.75, 3.05) is 0 Å². The molecule has 0 aliphatic heterocycles. The molecule has 0 saturated heterocycles. The van der Waals surface area contributed by atoms with Crippen LogP contribution in [0.5, 0.6) is 0 Å². The average molecular weight is 245 g/mol. The fraction of sp³-hybridized carbons (Fsp3) is 0.286. The second kappa shape index (κ2) is 4.29. The molecule has 1 heterocycles. The SMILES string of the molecule is CCc1[nH]c2c(C(=O)O)cc(C)cc2c(=O)c1C. The van der Waals surface area contributed by atoms with Gasteiger partial charge in [-0.25, -0.2) is 4.79 Å². The summed E-state index contributed by atoms with van der Waals surface area (Å²) in [7, 11) is 0. The third kappa shape index (κ3) is 1.79. The fourth-order valence-corrected chi connectivity index (χ4v) is 2.21. The Balaban J connectivity index is 3.01. The predicted molar refractivity (Wildman–Crippen MR) is 70.4 cm³/mol. The minimum absolute atomic E-state index is 0.0909. The summed E-state index contributed by atoms with van der Waals surface area (Å²) in [6.45, 7) is 5.48. The Kier molecular flexibility index (Phi) is 2.95. The first-order valence-electron chi connectivity index (χ1n) is 5.85. The van der Waals surface area contributed by atoms with E-state index in [1.54, 1.807) is 26.0 Å². The average Bonchev–Trinajstić information content (AvgIpc) is 2.33. The molecule has 4 heteroatoms. The monoisotopic (exact) mass is 245 g/mol. The number of pyridine rings is 1. The van der Waals surface area contributed by atoms with Crippen LogP contribution in [0.2, 0.25) is 0 Å². The number of H-pyrrole nitrogens is 1. The number of carboxylic acids is 1. The zero-order chi connectivity index (χ0) is 13.4. The summed E-state index contributed by atoms with van der Waals surface area (Å²) in [5.41, 5.74) is 2.70. The molecule has 0 saturated carbocycles. The van der Waals surface area contributed by atoms with Crippen molar-refractivity contribution >= 4 is 16.9 Å². The van der Waals surface area contributed by atoms with E-state index >= 15 is 0 Å². The number of aromatic carboxylic acids is 1. The van der Waals surface area contributed by atoms with Crippen molar-refractivity contribution in [3.63, 3.8) is 0 Å².